The molecule has 0 aliphatic rings. The Balaban J connectivity index is 1.65. The zero-order valence-corrected chi connectivity index (χ0v) is 15.9. The van der Waals surface area contributed by atoms with Crippen molar-refractivity contribution < 1.29 is 23.2 Å². The summed E-state index contributed by atoms with van der Waals surface area (Å²) in [7, 11) is 1.59. The minimum Gasteiger partial charge on any atom is -0.497 e. The minimum atomic E-state index is -0.401. The number of halogens is 1. The molecule has 0 saturated carbocycles. The van der Waals surface area contributed by atoms with Gasteiger partial charge in [0.25, 0.3) is 0 Å². The molecule has 0 saturated heterocycles. The lowest BCUT2D eigenvalue weighted by molar-refractivity contribution is -0.117. The number of ether oxygens (including phenoxy) is 2. The van der Waals surface area contributed by atoms with Crippen molar-refractivity contribution in [2.75, 3.05) is 18.6 Å². The molecule has 0 atom stereocenters. The summed E-state index contributed by atoms with van der Waals surface area (Å²) in [5.74, 6) is 1.20. The topological polar surface area (TPSA) is 104 Å². The molecular weight excluding hydrogens is 379 g/mol. The zero-order valence-electron chi connectivity index (χ0n) is 15.9. The molecule has 3 aromatic rings. The van der Waals surface area contributed by atoms with E-state index in [1.807, 2.05) is 29.2 Å². The smallest absolute Gasteiger partial charge is 0.246 e. The summed E-state index contributed by atoms with van der Waals surface area (Å²) < 4.78 is 28.9. The Hall–Kier alpha value is -3.62. The number of anilines is 1. The van der Waals surface area contributed by atoms with Crippen LogP contribution in [0.2, 0.25) is 0 Å². The van der Waals surface area contributed by atoms with Gasteiger partial charge >= 0.3 is 0 Å². The molecule has 0 radical (unpaired) electrons. The second kappa shape index (κ2) is 9.54. The van der Waals surface area contributed by atoms with Gasteiger partial charge in [0.2, 0.25) is 17.6 Å². The Morgan fingerprint density at radius 3 is 2.48 bits per heavy atom. The summed E-state index contributed by atoms with van der Waals surface area (Å²) in [5.41, 5.74) is 6.15. The highest BCUT2D eigenvalue weighted by Gasteiger charge is 2.14. The predicted molar refractivity (Wildman–Crippen MR) is 103 cm³/mol. The summed E-state index contributed by atoms with van der Waals surface area (Å²) in [6.07, 6.45) is 0.181. The monoisotopic (exact) mass is 400 g/mol. The number of benzene rings is 2. The molecule has 8 nitrogen and oxygen atoms in total. The lowest BCUT2D eigenvalue weighted by atomic mass is 10.2. The van der Waals surface area contributed by atoms with E-state index < -0.39 is 5.91 Å². The van der Waals surface area contributed by atoms with Crippen molar-refractivity contribution in [3.63, 3.8) is 0 Å². The first-order chi connectivity index (χ1) is 14.0. The van der Waals surface area contributed by atoms with Gasteiger partial charge in [-0.15, -0.1) is 0 Å². The van der Waals surface area contributed by atoms with Gasteiger partial charge in [-0.25, -0.2) is 4.39 Å². The average molecular weight is 400 g/mol. The number of hydrogen-bond acceptors (Lipinski definition) is 7. The fraction of sp³-hybridized carbons (Fsp3) is 0.250. The second-order valence-electron chi connectivity index (χ2n) is 6.18. The molecule has 0 bridgehead atoms. The maximum absolute atomic E-state index is 12.9. The fourth-order valence-corrected chi connectivity index (χ4v) is 2.59. The molecule has 1 aromatic heterocycles. The Morgan fingerprint density at radius 1 is 1.14 bits per heavy atom. The number of aromatic nitrogens is 2. The number of primary amides is 1. The van der Waals surface area contributed by atoms with Crippen molar-refractivity contribution in [1.29, 1.82) is 0 Å². The quantitative estimate of drug-likeness (QED) is 0.558. The van der Waals surface area contributed by atoms with Crippen LogP contribution >= 0.6 is 0 Å². The predicted octanol–water partition coefficient (Wildman–Crippen LogP) is 2.68. The Morgan fingerprint density at radius 2 is 1.83 bits per heavy atom. The molecule has 3 rings (SSSR count). The van der Waals surface area contributed by atoms with Crippen LogP contribution in [0.15, 0.2) is 53.1 Å². The summed E-state index contributed by atoms with van der Waals surface area (Å²) in [5, 5.41) is 3.89. The van der Waals surface area contributed by atoms with E-state index in [2.05, 4.69) is 10.1 Å². The number of rotatable bonds is 10. The number of hydrogen-bond donors (Lipinski definition) is 1. The maximum atomic E-state index is 12.9. The highest BCUT2D eigenvalue weighted by atomic mass is 19.1. The molecular formula is C20H21FN4O4. The van der Waals surface area contributed by atoms with E-state index in [1.54, 1.807) is 7.11 Å². The van der Waals surface area contributed by atoms with Crippen molar-refractivity contribution >= 4 is 11.6 Å². The molecule has 0 fully saturated rings. The van der Waals surface area contributed by atoms with E-state index in [0.717, 1.165) is 11.4 Å². The third-order valence-corrected chi connectivity index (χ3v) is 4.08. The van der Waals surface area contributed by atoms with Gasteiger partial charge in [-0.05, 0) is 48.5 Å². The van der Waals surface area contributed by atoms with Crippen LogP contribution < -0.4 is 20.1 Å². The number of amides is 1. The Labute approximate surface area is 167 Å². The largest absolute Gasteiger partial charge is 0.497 e. The molecule has 152 valence electrons. The van der Waals surface area contributed by atoms with Gasteiger partial charge in [0.05, 0.1) is 13.7 Å². The highest BCUT2D eigenvalue weighted by molar-refractivity contribution is 5.74. The Bertz CT molecular complexity index is 928. The zero-order chi connectivity index (χ0) is 20.6. The number of methoxy groups -OCH3 is 1. The van der Waals surface area contributed by atoms with Crippen LogP contribution in [0.1, 0.15) is 18.1 Å². The number of carbonyl (C=O) groups excluding carboxylic acids is 1. The third-order valence-electron chi connectivity index (χ3n) is 4.08. The molecule has 0 aliphatic heterocycles. The number of nitrogens with two attached hydrogens (primary N) is 1. The third kappa shape index (κ3) is 5.93. The first-order valence-corrected chi connectivity index (χ1v) is 8.90. The van der Waals surface area contributed by atoms with Gasteiger partial charge in [0, 0.05) is 18.7 Å². The van der Waals surface area contributed by atoms with Crippen molar-refractivity contribution in [3.8, 4) is 11.5 Å². The van der Waals surface area contributed by atoms with Gasteiger partial charge in [-0.3, -0.25) is 4.79 Å². The average Bonchev–Trinajstić information content (AvgIpc) is 3.18. The van der Waals surface area contributed by atoms with E-state index in [4.69, 9.17) is 19.7 Å². The molecule has 0 aliphatic carbocycles. The van der Waals surface area contributed by atoms with Crippen LogP contribution in [0, 0.1) is 5.82 Å². The van der Waals surface area contributed by atoms with Gasteiger partial charge in [-0.2, -0.15) is 4.98 Å². The summed E-state index contributed by atoms with van der Waals surface area (Å²) >= 11 is 0. The van der Waals surface area contributed by atoms with Crippen molar-refractivity contribution in [2.45, 2.75) is 19.6 Å². The summed E-state index contributed by atoms with van der Waals surface area (Å²) in [4.78, 5) is 17.4. The first-order valence-electron chi connectivity index (χ1n) is 8.90. The van der Waals surface area contributed by atoms with Crippen LogP contribution in [0.3, 0.4) is 0 Å². The highest BCUT2D eigenvalue weighted by Crippen LogP contribution is 2.21. The van der Waals surface area contributed by atoms with Gasteiger partial charge in [0.1, 0.15) is 17.3 Å². The molecule has 2 aromatic carbocycles. The first kappa shape index (κ1) is 20.1. The number of carbonyl (C=O) groups is 1. The van der Waals surface area contributed by atoms with Crippen molar-refractivity contribution in [2.24, 2.45) is 5.73 Å². The van der Waals surface area contributed by atoms with Crippen LogP contribution in [0.4, 0.5) is 10.1 Å². The SMILES string of the molecule is COc1ccc(N(CCC(N)=O)Cc2nc(COc3ccc(F)cc3)no2)cc1. The van der Waals surface area contributed by atoms with E-state index in [9.17, 15) is 9.18 Å². The van der Waals surface area contributed by atoms with E-state index in [0.29, 0.717) is 30.6 Å². The van der Waals surface area contributed by atoms with E-state index >= 15 is 0 Å². The molecule has 29 heavy (non-hydrogen) atoms. The van der Waals surface area contributed by atoms with Crippen molar-refractivity contribution in [3.05, 3.63) is 66.1 Å². The normalized spacial score (nSPS) is 10.6. The lowest BCUT2D eigenvalue weighted by Gasteiger charge is -2.22. The van der Waals surface area contributed by atoms with Crippen molar-refractivity contribution in [1.82, 2.24) is 10.1 Å². The molecule has 0 unspecified atom stereocenters. The molecule has 9 heteroatoms. The van der Waals surface area contributed by atoms with Crippen LogP contribution in [-0.2, 0) is 17.9 Å². The maximum Gasteiger partial charge on any atom is 0.246 e. The molecule has 1 amide bonds. The van der Waals surface area contributed by atoms with Crippen LogP contribution in [-0.4, -0.2) is 29.7 Å². The fourth-order valence-electron chi connectivity index (χ4n) is 2.59. The van der Waals surface area contributed by atoms with E-state index in [1.165, 1.54) is 24.3 Å². The van der Waals surface area contributed by atoms with Crippen LogP contribution in [0.25, 0.3) is 0 Å². The summed E-state index contributed by atoms with van der Waals surface area (Å²) in [6, 6.07) is 13.0. The standard InChI is InChI=1S/C20H21FN4O4/c1-27-16-8-4-15(5-9-16)25(11-10-18(22)26)12-20-23-19(24-29-20)13-28-17-6-2-14(21)3-7-17/h2-9H,10-13H2,1H3,(H2,22,26). The summed E-state index contributed by atoms with van der Waals surface area (Å²) in [6.45, 7) is 0.771. The van der Waals surface area contributed by atoms with E-state index in [-0.39, 0.29) is 18.8 Å². The number of nitrogens with zero attached hydrogens (tertiary/aromatic N) is 3. The van der Waals surface area contributed by atoms with Gasteiger partial charge in [-0.1, -0.05) is 5.16 Å². The second-order valence-corrected chi connectivity index (χ2v) is 6.18. The van der Waals surface area contributed by atoms with Crippen LogP contribution in [0.5, 0.6) is 11.5 Å². The molecule has 1 heterocycles. The lowest BCUT2D eigenvalue weighted by Crippen LogP contribution is -2.27. The van der Waals surface area contributed by atoms with Gasteiger partial charge < -0.3 is 24.6 Å². The van der Waals surface area contributed by atoms with Gasteiger partial charge in [0.15, 0.2) is 6.61 Å². The Kier molecular flexibility index (Phi) is 6.62. The molecule has 0 spiro atoms. The minimum absolute atomic E-state index is 0.0823. The molecule has 2 N–H and O–H groups in total.